The van der Waals surface area contributed by atoms with E-state index in [1.165, 1.54) is 8.20 Å². The van der Waals surface area contributed by atoms with Crippen LogP contribution in [0, 0.1) is 0 Å². The molecule has 60 valence electrons. The molecular weight excluding hydrogens is 171 g/mol. The third kappa shape index (κ3) is 1.53. The molecular formula is C10H9N2Na. The van der Waals surface area contributed by atoms with Crippen molar-refractivity contribution in [1.82, 2.24) is 0 Å². The van der Waals surface area contributed by atoms with Gasteiger partial charge in [-0.2, -0.15) is 0 Å². The van der Waals surface area contributed by atoms with Gasteiger partial charge in [-0.25, -0.2) is 0 Å². The first-order chi connectivity index (χ1) is 6.18. The second kappa shape index (κ2) is 3.22. The molecule has 0 saturated heterocycles. The predicted molar refractivity (Wildman–Crippen MR) is 58.2 cm³/mol. The van der Waals surface area contributed by atoms with E-state index in [1.807, 2.05) is 18.2 Å². The van der Waals surface area contributed by atoms with Crippen molar-refractivity contribution in [3.63, 3.8) is 0 Å². The van der Waals surface area contributed by atoms with Crippen LogP contribution in [0.5, 0.6) is 0 Å². The maximum atomic E-state index is 5.85. The van der Waals surface area contributed by atoms with E-state index in [1.54, 1.807) is 0 Å². The Morgan fingerprint density at radius 2 is 1.77 bits per heavy atom. The Labute approximate surface area is 94.3 Å². The summed E-state index contributed by atoms with van der Waals surface area (Å²) in [6, 6.07) is 10.2. The van der Waals surface area contributed by atoms with Crippen molar-refractivity contribution in [1.29, 1.82) is 0 Å². The van der Waals surface area contributed by atoms with E-state index in [4.69, 9.17) is 11.5 Å². The molecule has 0 fully saturated rings. The Bertz CT molecular complexity index is 466. The zero-order valence-electron chi connectivity index (χ0n) is 7.54. The average Bonchev–Trinajstić information content (AvgIpc) is 2.12. The fourth-order valence-electron chi connectivity index (χ4n) is 1.49. The number of hydrogen-bond acceptors (Lipinski definition) is 2. The van der Waals surface area contributed by atoms with Crippen LogP contribution in [0.1, 0.15) is 0 Å². The fourth-order valence-corrected chi connectivity index (χ4v) is 1.97. The van der Waals surface area contributed by atoms with Crippen molar-refractivity contribution in [2.24, 2.45) is 0 Å². The summed E-state index contributed by atoms with van der Waals surface area (Å²) < 4.78 is 1.37. The molecule has 13 heavy (non-hydrogen) atoms. The summed E-state index contributed by atoms with van der Waals surface area (Å²) in [6.07, 6.45) is 0. The summed E-state index contributed by atoms with van der Waals surface area (Å²) in [5.74, 6) is 0. The number of nitrogens with two attached hydrogens (primary N) is 2. The molecule has 4 N–H and O–H groups in total. The van der Waals surface area contributed by atoms with Crippen LogP contribution in [-0.4, -0.2) is 27.9 Å². The Hall–Kier alpha value is -0.700. The van der Waals surface area contributed by atoms with E-state index in [0.717, 1.165) is 33.3 Å². The number of nitrogen functional groups attached to an aromatic ring is 2. The Morgan fingerprint density at radius 3 is 2.54 bits per heavy atom. The number of rotatable bonds is 0. The first kappa shape index (κ1) is 8.88. The Balaban J connectivity index is 2.87. The number of benzene rings is 2. The van der Waals surface area contributed by atoms with Gasteiger partial charge in [0, 0.05) is 0 Å². The molecule has 2 nitrogen and oxygen atoms in total. The van der Waals surface area contributed by atoms with Gasteiger partial charge in [0.05, 0.1) is 0 Å². The quantitative estimate of drug-likeness (QED) is 0.465. The third-order valence-electron chi connectivity index (χ3n) is 2.25. The molecule has 2 aromatic carbocycles. The van der Waals surface area contributed by atoms with Gasteiger partial charge in [0.25, 0.3) is 0 Å². The standard InChI is InChI=1S/C10H9N2.Na/c11-9-6-5-7-3-1-2-4-8(7)10(9)12;/h2-6H,11-12H2;. The van der Waals surface area contributed by atoms with E-state index in [2.05, 4.69) is 12.1 Å². The van der Waals surface area contributed by atoms with Crippen LogP contribution < -0.4 is 14.3 Å². The summed E-state index contributed by atoms with van der Waals surface area (Å²) in [7, 11) is 0. The normalized spacial score (nSPS) is 10.6. The molecule has 0 aliphatic heterocycles. The van der Waals surface area contributed by atoms with Gasteiger partial charge in [0.1, 0.15) is 0 Å². The summed E-state index contributed by atoms with van der Waals surface area (Å²) in [6.45, 7) is 0. The van der Waals surface area contributed by atoms with Crippen molar-refractivity contribution in [3.05, 3.63) is 30.3 Å². The van der Waals surface area contributed by atoms with Crippen LogP contribution in [0.4, 0.5) is 11.4 Å². The minimum absolute atomic E-state index is 0.661. The molecule has 0 bridgehead atoms. The molecule has 0 atom stereocenters. The van der Waals surface area contributed by atoms with Crippen molar-refractivity contribution >= 4 is 52.9 Å². The third-order valence-corrected chi connectivity index (χ3v) is 2.87. The second-order valence-electron chi connectivity index (χ2n) is 3.29. The van der Waals surface area contributed by atoms with Crippen LogP contribution in [-0.2, 0) is 0 Å². The van der Waals surface area contributed by atoms with Gasteiger partial charge in [-0.05, 0) is 0 Å². The van der Waals surface area contributed by atoms with Crippen molar-refractivity contribution in [3.8, 4) is 0 Å². The van der Waals surface area contributed by atoms with Gasteiger partial charge < -0.3 is 0 Å². The van der Waals surface area contributed by atoms with E-state index in [9.17, 15) is 0 Å². The molecule has 2 aromatic rings. The van der Waals surface area contributed by atoms with Crippen LogP contribution in [0.15, 0.2) is 30.3 Å². The number of anilines is 2. The van der Waals surface area contributed by atoms with Gasteiger partial charge in [0.15, 0.2) is 0 Å². The number of hydrogen-bond donors (Lipinski definition) is 2. The summed E-state index contributed by atoms with van der Waals surface area (Å²) in [5.41, 5.74) is 12.9. The molecule has 0 spiro atoms. The van der Waals surface area contributed by atoms with Crippen molar-refractivity contribution in [2.75, 3.05) is 11.5 Å². The minimum atomic E-state index is 0.661. The topological polar surface area (TPSA) is 52.0 Å². The van der Waals surface area contributed by atoms with Crippen LogP contribution in [0.2, 0.25) is 0 Å². The summed E-state index contributed by atoms with van der Waals surface area (Å²) in [4.78, 5) is 0. The molecule has 0 aliphatic rings. The predicted octanol–water partition coefficient (Wildman–Crippen LogP) is 0.798. The van der Waals surface area contributed by atoms with Gasteiger partial charge in [0.2, 0.25) is 0 Å². The second-order valence-corrected chi connectivity index (χ2v) is 4.45. The molecule has 0 saturated carbocycles. The van der Waals surface area contributed by atoms with Gasteiger partial charge in [-0.1, -0.05) is 0 Å². The van der Waals surface area contributed by atoms with E-state index >= 15 is 0 Å². The van der Waals surface area contributed by atoms with Crippen molar-refractivity contribution < 1.29 is 0 Å². The molecule has 0 amide bonds. The van der Waals surface area contributed by atoms with Crippen LogP contribution in [0.25, 0.3) is 10.8 Å². The average molecular weight is 180 g/mol. The molecule has 0 radical (unpaired) electrons. The van der Waals surface area contributed by atoms with Crippen LogP contribution >= 0.6 is 0 Å². The summed E-state index contributed by atoms with van der Waals surface area (Å²) >= 11 is 1.07. The van der Waals surface area contributed by atoms with Gasteiger partial charge in [-0.15, -0.1) is 0 Å². The molecule has 2 rings (SSSR count). The molecule has 0 aliphatic carbocycles. The van der Waals surface area contributed by atoms with Gasteiger partial charge in [-0.3, -0.25) is 0 Å². The Kier molecular flexibility index (Phi) is 2.20. The van der Waals surface area contributed by atoms with E-state index in [-0.39, 0.29) is 0 Å². The molecule has 0 unspecified atom stereocenters. The SMILES string of the molecule is Nc1ccc2c[c]([Na])ccc2c1N. The Morgan fingerprint density at radius 1 is 1.00 bits per heavy atom. The monoisotopic (exact) mass is 180 g/mol. The van der Waals surface area contributed by atoms with E-state index in [0.29, 0.717) is 11.4 Å². The van der Waals surface area contributed by atoms with Crippen LogP contribution in [0.3, 0.4) is 0 Å². The molecule has 3 heteroatoms. The molecule has 0 heterocycles. The number of fused-ring (bicyclic) bond motifs is 1. The van der Waals surface area contributed by atoms with E-state index < -0.39 is 0 Å². The summed E-state index contributed by atoms with van der Waals surface area (Å²) in [5, 5.41) is 2.24. The van der Waals surface area contributed by atoms with Crippen molar-refractivity contribution in [2.45, 2.75) is 0 Å². The molecule has 0 aromatic heterocycles. The first-order valence-corrected chi connectivity index (χ1v) is 5.23. The zero-order chi connectivity index (χ0) is 9.42. The zero-order valence-corrected chi connectivity index (χ0v) is 9.54. The first-order valence-electron chi connectivity index (χ1n) is 4.23. The van der Waals surface area contributed by atoms with Gasteiger partial charge >= 0.3 is 94.7 Å². The fraction of sp³-hybridized carbons (Fsp3) is 0. The maximum absolute atomic E-state index is 5.85.